The van der Waals surface area contributed by atoms with Gasteiger partial charge in [0.1, 0.15) is 11.6 Å². The summed E-state index contributed by atoms with van der Waals surface area (Å²) in [4.78, 5) is 9.11. The number of ether oxygens (including phenoxy) is 1. The van der Waals surface area contributed by atoms with Crippen molar-refractivity contribution in [1.82, 2.24) is 5.32 Å². The monoisotopic (exact) mass is 558 g/mol. The maximum absolute atomic E-state index is 13.2. The molecule has 39 heavy (non-hydrogen) atoms. The van der Waals surface area contributed by atoms with Crippen LogP contribution in [0.1, 0.15) is 91.2 Å². The van der Waals surface area contributed by atoms with Gasteiger partial charge in [0.15, 0.2) is 0 Å². The van der Waals surface area contributed by atoms with Crippen LogP contribution in [0, 0.1) is 5.92 Å². The van der Waals surface area contributed by atoms with Crippen molar-refractivity contribution >= 4 is 11.4 Å². The van der Waals surface area contributed by atoms with Crippen molar-refractivity contribution in [1.29, 1.82) is 0 Å². The van der Waals surface area contributed by atoms with Crippen LogP contribution in [0.15, 0.2) is 51.9 Å². The molecule has 1 aromatic rings. The fourth-order valence-electron chi connectivity index (χ4n) is 3.81. The van der Waals surface area contributed by atoms with E-state index in [0.717, 1.165) is 44.2 Å². The zero-order valence-corrected chi connectivity index (χ0v) is 23.8. The molecule has 0 radical (unpaired) electrons. The molecule has 0 saturated heterocycles. The van der Waals surface area contributed by atoms with Crippen LogP contribution in [0.3, 0.4) is 0 Å². The van der Waals surface area contributed by atoms with Crippen molar-refractivity contribution in [3.8, 4) is 5.75 Å². The van der Waals surface area contributed by atoms with Gasteiger partial charge in [0.2, 0.25) is 0 Å². The summed E-state index contributed by atoms with van der Waals surface area (Å²) in [6.45, 7) is 9.15. The molecule has 1 aromatic carbocycles. The van der Waals surface area contributed by atoms with E-state index in [-0.39, 0.29) is 29.6 Å². The highest BCUT2D eigenvalue weighted by molar-refractivity contribution is 6.52. The van der Waals surface area contributed by atoms with Gasteiger partial charge in [0.05, 0.1) is 23.5 Å². The third-order valence-electron chi connectivity index (χ3n) is 5.80. The molecular formula is C29H43F5N4O. The first-order valence-corrected chi connectivity index (χ1v) is 13.6. The van der Waals surface area contributed by atoms with E-state index in [2.05, 4.69) is 54.7 Å². The quantitative estimate of drug-likeness (QED) is 0.254. The fourth-order valence-corrected chi connectivity index (χ4v) is 3.81. The summed E-state index contributed by atoms with van der Waals surface area (Å²) in [5, 5.41) is 3.48. The fraction of sp³-hybridized carbons (Fsp3) is 0.586. The van der Waals surface area contributed by atoms with Crippen LogP contribution in [-0.4, -0.2) is 30.6 Å². The van der Waals surface area contributed by atoms with E-state index in [1.807, 2.05) is 0 Å². The van der Waals surface area contributed by atoms with Crippen molar-refractivity contribution in [2.45, 2.75) is 98.9 Å². The predicted molar refractivity (Wildman–Crippen MR) is 149 cm³/mol. The van der Waals surface area contributed by atoms with Gasteiger partial charge in [-0.25, -0.2) is 4.99 Å². The Morgan fingerprint density at radius 1 is 1.18 bits per heavy atom. The van der Waals surface area contributed by atoms with Crippen molar-refractivity contribution in [3.63, 3.8) is 0 Å². The van der Waals surface area contributed by atoms with Gasteiger partial charge in [-0.3, -0.25) is 4.99 Å². The molecular weight excluding hydrogens is 515 g/mol. The average Bonchev–Trinajstić information content (AvgIpc) is 3.03. The number of allylic oxidation sites excluding steroid dienone is 2. The van der Waals surface area contributed by atoms with Crippen LogP contribution in [0.2, 0.25) is 0 Å². The van der Waals surface area contributed by atoms with E-state index in [9.17, 15) is 22.0 Å². The van der Waals surface area contributed by atoms with Gasteiger partial charge in [-0.15, -0.1) is 0 Å². The highest BCUT2D eigenvalue weighted by Gasteiger charge is 2.32. The van der Waals surface area contributed by atoms with Gasteiger partial charge < -0.3 is 15.8 Å². The summed E-state index contributed by atoms with van der Waals surface area (Å²) in [6.07, 6.45) is 4.84. The summed E-state index contributed by atoms with van der Waals surface area (Å²) in [5.74, 6) is 0.422. The number of nitrogens with two attached hydrogens (primary N) is 1. The van der Waals surface area contributed by atoms with Crippen LogP contribution < -0.4 is 15.8 Å². The van der Waals surface area contributed by atoms with E-state index >= 15 is 0 Å². The molecule has 10 heteroatoms. The molecule has 1 aliphatic rings. The van der Waals surface area contributed by atoms with Gasteiger partial charge in [0, 0.05) is 17.3 Å². The molecule has 0 amide bonds. The molecule has 2 rings (SSSR count). The maximum Gasteiger partial charge on any atom is 0.416 e. The zero-order chi connectivity index (χ0) is 29.6. The number of nitrogens with zero attached hydrogens (tertiary/aromatic N) is 2. The maximum atomic E-state index is 13.2. The Morgan fingerprint density at radius 2 is 1.85 bits per heavy atom. The molecule has 5 nitrogen and oxygen atoms in total. The highest BCUT2D eigenvalue weighted by atomic mass is 19.4. The first-order valence-electron chi connectivity index (χ1n) is 13.6. The van der Waals surface area contributed by atoms with Crippen molar-refractivity contribution < 1.29 is 26.7 Å². The summed E-state index contributed by atoms with van der Waals surface area (Å²) in [6, 6.07) is 2.59. The second kappa shape index (κ2) is 16.9. The molecule has 3 N–H and O–H groups in total. The van der Waals surface area contributed by atoms with Crippen molar-refractivity contribution in [3.05, 3.63) is 53.0 Å². The number of unbranched alkanes of at least 4 members (excludes halogenated alkanes) is 1. The van der Waals surface area contributed by atoms with Crippen LogP contribution in [0.4, 0.5) is 22.0 Å². The van der Waals surface area contributed by atoms with E-state index < -0.39 is 24.1 Å². The third-order valence-corrected chi connectivity index (χ3v) is 5.80. The average molecular weight is 559 g/mol. The van der Waals surface area contributed by atoms with Crippen LogP contribution in [-0.2, 0) is 6.18 Å². The topological polar surface area (TPSA) is 72.0 Å². The number of halogens is 5. The van der Waals surface area contributed by atoms with Gasteiger partial charge in [-0.2, -0.15) is 22.0 Å². The Morgan fingerprint density at radius 3 is 2.38 bits per heavy atom. The molecule has 0 saturated carbocycles. The van der Waals surface area contributed by atoms with Gasteiger partial charge in [0.25, 0.3) is 0 Å². The molecule has 1 aliphatic heterocycles. The third kappa shape index (κ3) is 12.2. The first kappa shape index (κ1) is 34.1. The lowest BCUT2D eigenvalue weighted by atomic mass is 9.96. The van der Waals surface area contributed by atoms with Gasteiger partial charge in [-0.05, 0) is 56.0 Å². The lowest BCUT2D eigenvalue weighted by molar-refractivity contribution is -0.138. The molecule has 0 aromatic heterocycles. The number of benzene rings is 1. The van der Waals surface area contributed by atoms with Crippen molar-refractivity contribution in [2.75, 3.05) is 6.54 Å². The smallest absolute Gasteiger partial charge is 0.416 e. The zero-order valence-electron chi connectivity index (χ0n) is 23.8. The summed E-state index contributed by atoms with van der Waals surface area (Å²) in [5.41, 5.74) is 5.48. The lowest BCUT2D eigenvalue weighted by Crippen LogP contribution is -2.30. The standard InChI is InChI=1S/C26H35F5N4O.C3H8/c1-5-7-8-19(13-16(3)6-2)34-23-11-12-33-24(21(35-23)14-17(4)32)20-10-9-18(26(29,30)31)15-22(20)36-25(27)28;1-3-2/h9-11,14-16,19,25,34H,5-8,12-13,32H2,1-4H3;3H2,1-2H3/b17-14-;. The Kier molecular flexibility index (Phi) is 14.8. The molecule has 0 spiro atoms. The number of aliphatic imine (C=N–C) groups is 2. The Bertz CT molecular complexity index is 1010. The summed E-state index contributed by atoms with van der Waals surface area (Å²) in [7, 11) is 0. The first-order chi connectivity index (χ1) is 18.4. The largest absolute Gasteiger partial charge is 0.434 e. The summed E-state index contributed by atoms with van der Waals surface area (Å²) >= 11 is 0. The predicted octanol–water partition coefficient (Wildman–Crippen LogP) is 8.26. The van der Waals surface area contributed by atoms with Crippen LogP contribution in [0.5, 0.6) is 5.75 Å². The van der Waals surface area contributed by atoms with E-state index in [0.29, 0.717) is 23.5 Å². The van der Waals surface area contributed by atoms with Crippen LogP contribution >= 0.6 is 0 Å². The molecule has 0 aliphatic carbocycles. The minimum Gasteiger partial charge on any atom is -0.434 e. The highest BCUT2D eigenvalue weighted by Crippen LogP contribution is 2.34. The Hall–Kier alpha value is -2.91. The van der Waals surface area contributed by atoms with Gasteiger partial charge >= 0.3 is 12.8 Å². The Balaban J connectivity index is 0.00000242. The molecule has 0 bridgehead atoms. The van der Waals surface area contributed by atoms with E-state index in [1.165, 1.54) is 12.5 Å². The molecule has 220 valence electrons. The van der Waals surface area contributed by atoms with Crippen molar-refractivity contribution in [2.24, 2.45) is 21.6 Å². The lowest BCUT2D eigenvalue weighted by Gasteiger charge is -2.23. The normalized spacial score (nSPS) is 15.8. The van der Waals surface area contributed by atoms with Gasteiger partial charge in [-0.1, -0.05) is 60.3 Å². The number of rotatable bonds is 12. The second-order valence-electron chi connectivity index (χ2n) is 9.69. The molecule has 0 fully saturated rings. The second-order valence-corrected chi connectivity index (χ2v) is 9.69. The summed E-state index contributed by atoms with van der Waals surface area (Å²) < 4.78 is 70.4. The number of alkyl halides is 5. The SMILES string of the molecule is CCC.CCCCC(CC(C)CC)NC1=CCN=C(c2ccc(C(F)(F)F)cc2OC(F)F)C(/C=C(/C)N)=N1. The molecule has 2 atom stereocenters. The van der Waals surface area contributed by atoms with E-state index in [1.54, 1.807) is 13.0 Å². The minimum absolute atomic E-state index is 0.0312. The Labute approximate surface area is 229 Å². The minimum atomic E-state index is -4.73. The number of nitrogens with one attached hydrogen (secondary N) is 1. The van der Waals surface area contributed by atoms with E-state index in [4.69, 9.17) is 5.73 Å². The number of hydrogen-bond donors (Lipinski definition) is 2. The van der Waals surface area contributed by atoms with Crippen LogP contribution in [0.25, 0.3) is 0 Å². The number of hydrogen-bond acceptors (Lipinski definition) is 5. The molecule has 1 heterocycles. The molecule has 2 unspecified atom stereocenters.